The van der Waals surface area contributed by atoms with Crippen molar-refractivity contribution in [1.29, 1.82) is 0 Å². The number of rotatable bonds is 2. The van der Waals surface area contributed by atoms with E-state index in [0.717, 1.165) is 0 Å². The first-order valence-corrected chi connectivity index (χ1v) is 5.80. The second kappa shape index (κ2) is 4.65. The van der Waals surface area contributed by atoms with E-state index in [2.05, 4.69) is 9.97 Å². The summed E-state index contributed by atoms with van der Waals surface area (Å²) in [5.74, 6) is 0.0111. The van der Waals surface area contributed by atoms with Crippen molar-refractivity contribution in [3.63, 3.8) is 0 Å². The van der Waals surface area contributed by atoms with Gasteiger partial charge < -0.3 is 0 Å². The van der Waals surface area contributed by atoms with Crippen molar-refractivity contribution in [2.45, 2.75) is 0 Å². The van der Waals surface area contributed by atoms with Gasteiger partial charge in [-0.05, 0) is 18.2 Å². The number of nitro groups is 1. The molecule has 3 rings (SSSR count). The van der Waals surface area contributed by atoms with Gasteiger partial charge >= 0.3 is 0 Å². The summed E-state index contributed by atoms with van der Waals surface area (Å²) in [6, 6.07) is 10.3. The average molecular weight is 269 g/mol. The van der Waals surface area contributed by atoms with Gasteiger partial charge in [-0.15, -0.1) is 0 Å². The van der Waals surface area contributed by atoms with E-state index in [0.29, 0.717) is 22.3 Å². The Balaban J connectivity index is 2.12. The van der Waals surface area contributed by atoms with Crippen LogP contribution in [0.25, 0.3) is 22.3 Å². The topological polar surface area (TPSA) is 68.9 Å². The molecule has 0 N–H and O–H groups in total. The van der Waals surface area contributed by atoms with Crippen LogP contribution in [0.15, 0.2) is 48.7 Å². The number of non-ortho nitro benzene ring substituents is 1. The summed E-state index contributed by atoms with van der Waals surface area (Å²) in [6.07, 6.45) is 1.50. The van der Waals surface area contributed by atoms with Crippen LogP contribution in [0.5, 0.6) is 0 Å². The standard InChI is InChI=1S/C14H8FN3O2/c15-11-4-5-13-10(6-11)8-16-14(17-13)9-2-1-3-12(7-9)18(19)20/h1-8H. The number of benzene rings is 2. The van der Waals surface area contributed by atoms with Gasteiger partial charge in [0, 0.05) is 29.3 Å². The highest BCUT2D eigenvalue weighted by atomic mass is 19.1. The molecule has 3 aromatic rings. The molecule has 0 aliphatic rings. The fraction of sp³-hybridized carbons (Fsp3) is 0. The molecule has 0 aliphatic carbocycles. The van der Waals surface area contributed by atoms with Gasteiger partial charge in [-0.25, -0.2) is 14.4 Å². The molecule has 98 valence electrons. The van der Waals surface area contributed by atoms with E-state index in [9.17, 15) is 14.5 Å². The van der Waals surface area contributed by atoms with E-state index < -0.39 is 4.92 Å². The van der Waals surface area contributed by atoms with Crippen molar-refractivity contribution >= 4 is 16.6 Å². The van der Waals surface area contributed by atoms with Gasteiger partial charge in [-0.1, -0.05) is 12.1 Å². The second-order valence-corrected chi connectivity index (χ2v) is 4.20. The molecular weight excluding hydrogens is 261 g/mol. The third-order valence-electron chi connectivity index (χ3n) is 2.86. The Morgan fingerprint density at radius 3 is 2.80 bits per heavy atom. The summed E-state index contributed by atoms with van der Waals surface area (Å²) in [5, 5.41) is 11.3. The smallest absolute Gasteiger partial charge is 0.258 e. The third kappa shape index (κ3) is 2.18. The van der Waals surface area contributed by atoms with Crippen LogP contribution in [0.4, 0.5) is 10.1 Å². The Kier molecular flexibility index (Phi) is 2.83. The van der Waals surface area contributed by atoms with E-state index in [4.69, 9.17) is 0 Å². The van der Waals surface area contributed by atoms with Crippen LogP contribution < -0.4 is 0 Å². The van der Waals surface area contributed by atoms with Gasteiger partial charge in [0.05, 0.1) is 10.4 Å². The zero-order valence-corrected chi connectivity index (χ0v) is 10.2. The van der Waals surface area contributed by atoms with Crippen molar-refractivity contribution in [3.05, 3.63) is 64.6 Å². The molecule has 0 unspecified atom stereocenters. The highest BCUT2D eigenvalue weighted by molar-refractivity contribution is 5.79. The van der Waals surface area contributed by atoms with Crippen LogP contribution in [-0.4, -0.2) is 14.9 Å². The van der Waals surface area contributed by atoms with Crippen molar-refractivity contribution < 1.29 is 9.31 Å². The Morgan fingerprint density at radius 1 is 1.15 bits per heavy atom. The lowest BCUT2D eigenvalue weighted by molar-refractivity contribution is -0.384. The molecule has 0 atom stereocenters. The van der Waals surface area contributed by atoms with Gasteiger partial charge in [0.1, 0.15) is 5.82 Å². The van der Waals surface area contributed by atoms with Crippen molar-refractivity contribution in [3.8, 4) is 11.4 Å². The maximum atomic E-state index is 13.1. The normalized spacial score (nSPS) is 10.7. The number of hydrogen-bond acceptors (Lipinski definition) is 4. The van der Waals surface area contributed by atoms with Crippen LogP contribution in [0.2, 0.25) is 0 Å². The summed E-state index contributed by atoms with van der Waals surface area (Å²) in [4.78, 5) is 18.7. The minimum atomic E-state index is -0.472. The number of nitrogens with zero attached hydrogens (tertiary/aromatic N) is 3. The molecule has 0 saturated heterocycles. The van der Waals surface area contributed by atoms with E-state index >= 15 is 0 Å². The molecule has 0 amide bonds. The summed E-state index contributed by atoms with van der Waals surface area (Å²) >= 11 is 0. The SMILES string of the molecule is O=[N+]([O-])c1cccc(-c2ncc3cc(F)ccc3n2)c1. The van der Waals surface area contributed by atoms with E-state index in [-0.39, 0.29) is 11.5 Å². The first-order valence-electron chi connectivity index (χ1n) is 5.80. The van der Waals surface area contributed by atoms with Crippen molar-refractivity contribution in [2.75, 3.05) is 0 Å². The molecule has 20 heavy (non-hydrogen) atoms. The van der Waals surface area contributed by atoms with Crippen LogP contribution in [0, 0.1) is 15.9 Å². The minimum absolute atomic E-state index is 0.0229. The number of aromatic nitrogens is 2. The number of fused-ring (bicyclic) bond motifs is 1. The Morgan fingerprint density at radius 2 is 2.00 bits per heavy atom. The minimum Gasteiger partial charge on any atom is -0.258 e. The molecule has 0 bridgehead atoms. The average Bonchev–Trinajstić information content (AvgIpc) is 2.47. The predicted octanol–water partition coefficient (Wildman–Crippen LogP) is 3.34. The first-order chi connectivity index (χ1) is 9.63. The lowest BCUT2D eigenvalue weighted by atomic mass is 10.1. The zero-order chi connectivity index (χ0) is 14.1. The van der Waals surface area contributed by atoms with E-state index in [1.807, 2.05) is 0 Å². The fourth-order valence-corrected chi connectivity index (χ4v) is 1.90. The van der Waals surface area contributed by atoms with Gasteiger partial charge in [-0.3, -0.25) is 10.1 Å². The summed E-state index contributed by atoms with van der Waals surface area (Å²) in [5.41, 5.74) is 1.11. The summed E-state index contributed by atoms with van der Waals surface area (Å²) in [7, 11) is 0. The van der Waals surface area contributed by atoms with Crippen molar-refractivity contribution in [1.82, 2.24) is 9.97 Å². The quantitative estimate of drug-likeness (QED) is 0.528. The number of nitro benzene ring substituents is 1. The Labute approximate surface area is 112 Å². The van der Waals surface area contributed by atoms with E-state index in [1.165, 1.54) is 30.5 Å². The molecule has 0 fully saturated rings. The molecule has 1 aromatic heterocycles. The van der Waals surface area contributed by atoms with Gasteiger partial charge in [0.25, 0.3) is 5.69 Å². The Bertz CT molecular complexity index is 820. The monoisotopic (exact) mass is 269 g/mol. The molecule has 1 heterocycles. The largest absolute Gasteiger partial charge is 0.270 e. The Hall–Kier alpha value is -2.89. The van der Waals surface area contributed by atoms with E-state index in [1.54, 1.807) is 18.2 Å². The number of hydrogen-bond donors (Lipinski definition) is 0. The molecule has 0 spiro atoms. The maximum Gasteiger partial charge on any atom is 0.270 e. The third-order valence-corrected chi connectivity index (χ3v) is 2.86. The lowest BCUT2D eigenvalue weighted by Gasteiger charge is -2.02. The summed E-state index contributed by atoms with van der Waals surface area (Å²) in [6.45, 7) is 0. The predicted molar refractivity (Wildman–Crippen MR) is 71.6 cm³/mol. The van der Waals surface area contributed by atoms with Gasteiger partial charge in [-0.2, -0.15) is 0 Å². The maximum absolute atomic E-state index is 13.1. The highest BCUT2D eigenvalue weighted by Gasteiger charge is 2.09. The fourth-order valence-electron chi connectivity index (χ4n) is 1.90. The lowest BCUT2D eigenvalue weighted by Crippen LogP contribution is -1.92. The highest BCUT2D eigenvalue weighted by Crippen LogP contribution is 2.22. The zero-order valence-electron chi connectivity index (χ0n) is 10.2. The van der Waals surface area contributed by atoms with Crippen LogP contribution in [0.3, 0.4) is 0 Å². The molecule has 5 nitrogen and oxygen atoms in total. The molecule has 0 aliphatic heterocycles. The number of halogens is 1. The molecule has 0 radical (unpaired) electrons. The first kappa shape index (κ1) is 12.2. The van der Waals surface area contributed by atoms with Crippen LogP contribution in [0.1, 0.15) is 0 Å². The second-order valence-electron chi connectivity index (χ2n) is 4.20. The molecule has 2 aromatic carbocycles. The molecule has 6 heteroatoms. The van der Waals surface area contributed by atoms with Crippen LogP contribution in [-0.2, 0) is 0 Å². The van der Waals surface area contributed by atoms with Gasteiger partial charge in [0.2, 0.25) is 0 Å². The van der Waals surface area contributed by atoms with Gasteiger partial charge in [0.15, 0.2) is 5.82 Å². The molecular formula is C14H8FN3O2. The molecule has 0 saturated carbocycles. The summed E-state index contributed by atoms with van der Waals surface area (Å²) < 4.78 is 13.1. The van der Waals surface area contributed by atoms with Crippen molar-refractivity contribution in [2.24, 2.45) is 0 Å². The van der Waals surface area contributed by atoms with Crippen LogP contribution >= 0.6 is 0 Å².